The Hall–Kier alpha value is -2.84. The molecule has 9 heteroatoms. The number of furan rings is 1. The summed E-state index contributed by atoms with van der Waals surface area (Å²) >= 11 is 5.96. The van der Waals surface area contributed by atoms with E-state index in [0.717, 1.165) is 5.56 Å². The molecule has 1 aromatic heterocycles. The zero-order valence-corrected chi connectivity index (χ0v) is 18.1. The molecule has 166 valence electrons. The number of piperazine rings is 1. The molecule has 0 radical (unpaired) electrons. The van der Waals surface area contributed by atoms with Crippen LogP contribution in [-0.2, 0) is 14.3 Å². The molecule has 1 aliphatic rings. The molecule has 2 amide bonds. The maximum atomic E-state index is 12.5. The number of esters is 1. The lowest BCUT2D eigenvalue weighted by atomic mass is 10.0. The molecular formula is C22H26ClN3O5. The van der Waals surface area contributed by atoms with Crippen LogP contribution in [0.5, 0.6) is 0 Å². The standard InChI is InChI=1S/C22H26ClN3O5/c1-30-22(29)20(16-6-8-17(23)9-7-16)26-13-11-25(12-14-26)19(27)5-2-10-24-21(28)18-4-3-15-31-18/h3-4,6-9,15,20H,2,5,10-14H2,1H3,(H,24,28). The molecule has 8 nitrogen and oxygen atoms in total. The molecular weight excluding hydrogens is 422 g/mol. The first-order chi connectivity index (χ1) is 15.0. The van der Waals surface area contributed by atoms with Crippen molar-refractivity contribution in [3.8, 4) is 0 Å². The average Bonchev–Trinajstić information content (AvgIpc) is 3.33. The highest BCUT2D eigenvalue weighted by atomic mass is 35.5. The number of halogens is 1. The van der Waals surface area contributed by atoms with E-state index in [4.69, 9.17) is 20.8 Å². The highest BCUT2D eigenvalue weighted by Gasteiger charge is 2.32. The SMILES string of the molecule is COC(=O)C(c1ccc(Cl)cc1)N1CCN(C(=O)CCCNC(=O)c2ccco2)CC1. The van der Waals surface area contributed by atoms with Crippen molar-refractivity contribution in [2.75, 3.05) is 39.8 Å². The number of nitrogens with zero attached hydrogens (tertiary/aromatic N) is 2. The van der Waals surface area contributed by atoms with Gasteiger partial charge in [-0.25, -0.2) is 4.79 Å². The predicted octanol–water partition coefficient (Wildman–Crippen LogP) is 2.50. The lowest BCUT2D eigenvalue weighted by molar-refractivity contribution is -0.148. The Morgan fingerprint density at radius 2 is 1.84 bits per heavy atom. The number of methoxy groups -OCH3 is 1. The number of nitrogens with one attached hydrogen (secondary N) is 1. The largest absolute Gasteiger partial charge is 0.468 e. The minimum Gasteiger partial charge on any atom is -0.468 e. The second-order valence-electron chi connectivity index (χ2n) is 7.23. The maximum absolute atomic E-state index is 12.5. The minimum absolute atomic E-state index is 0.0352. The van der Waals surface area contributed by atoms with E-state index < -0.39 is 6.04 Å². The van der Waals surface area contributed by atoms with Crippen molar-refractivity contribution in [2.24, 2.45) is 0 Å². The zero-order chi connectivity index (χ0) is 22.2. The number of carbonyl (C=O) groups excluding carboxylic acids is 3. The van der Waals surface area contributed by atoms with E-state index in [0.29, 0.717) is 50.6 Å². The summed E-state index contributed by atoms with van der Waals surface area (Å²) in [5.41, 5.74) is 0.809. The number of amides is 2. The van der Waals surface area contributed by atoms with E-state index in [9.17, 15) is 14.4 Å². The molecule has 0 saturated carbocycles. The number of carbonyl (C=O) groups is 3. The third kappa shape index (κ3) is 6.08. The fraction of sp³-hybridized carbons (Fsp3) is 0.409. The number of ether oxygens (including phenoxy) is 1. The minimum atomic E-state index is -0.531. The van der Waals surface area contributed by atoms with Crippen LogP contribution in [0.25, 0.3) is 0 Å². The molecule has 1 atom stereocenters. The third-order valence-corrected chi connectivity index (χ3v) is 5.49. The summed E-state index contributed by atoms with van der Waals surface area (Å²) in [7, 11) is 1.37. The summed E-state index contributed by atoms with van der Waals surface area (Å²) in [5, 5.41) is 3.33. The molecule has 1 N–H and O–H groups in total. The topological polar surface area (TPSA) is 92.1 Å². The van der Waals surface area contributed by atoms with Gasteiger partial charge in [0.15, 0.2) is 5.76 Å². The third-order valence-electron chi connectivity index (χ3n) is 5.24. The van der Waals surface area contributed by atoms with Gasteiger partial charge in [0.2, 0.25) is 5.91 Å². The van der Waals surface area contributed by atoms with Gasteiger partial charge in [0.05, 0.1) is 13.4 Å². The molecule has 1 fully saturated rings. The first kappa shape index (κ1) is 22.8. The van der Waals surface area contributed by atoms with Crippen LogP contribution in [-0.4, -0.2) is 67.4 Å². The number of hydrogen-bond donors (Lipinski definition) is 1. The zero-order valence-electron chi connectivity index (χ0n) is 17.4. The van der Waals surface area contributed by atoms with E-state index >= 15 is 0 Å². The van der Waals surface area contributed by atoms with Crippen molar-refractivity contribution in [1.82, 2.24) is 15.1 Å². The van der Waals surface area contributed by atoms with E-state index in [1.807, 2.05) is 17.0 Å². The van der Waals surface area contributed by atoms with Crippen LogP contribution in [0.4, 0.5) is 0 Å². The molecule has 1 saturated heterocycles. The van der Waals surface area contributed by atoms with Gasteiger partial charge in [-0.2, -0.15) is 0 Å². The van der Waals surface area contributed by atoms with Gasteiger partial charge in [-0.05, 0) is 36.2 Å². The maximum Gasteiger partial charge on any atom is 0.327 e. The van der Waals surface area contributed by atoms with Gasteiger partial charge in [-0.15, -0.1) is 0 Å². The van der Waals surface area contributed by atoms with Crippen LogP contribution in [0.2, 0.25) is 5.02 Å². The normalized spacial score (nSPS) is 15.4. The van der Waals surface area contributed by atoms with Crippen LogP contribution < -0.4 is 5.32 Å². The number of hydrogen-bond acceptors (Lipinski definition) is 6. The van der Waals surface area contributed by atoms with Crippen molar-refractivity contribution in [2.45, 2.75) is 18.9 Å². The molecule has 1 unspecified atom stereocenters. The summed E-state index contributed by atoms with van der Waals surface area (Å²) in [6.07, 6.45) is 2.33. The number of benzene rings is 1. The van der Waals surface area contributed by atoms with Crippen LogP contribution in [0.1, 0.15) is 35.0 Å². The van der Waals surface area contributed by atoms with E-state index in [1.165, 1.54) is 13.4 Å². The van der Waals surface area contributed by atoms with Crippen LogP contribution in [0, 0.1) is 0 Å². The van der Waals surface area contributed by atoms with Gasteiger partial charge in [0.1, 0.15) is 6.04 Å². The molecule has 0 spiro atoms. The van der Waals surface area contributed by atoms with E-state index in [-0.39, 0.29) is 23.5 Å². The lowest BCUT2D eigenvalue weighted by Gasteiger charge is -2.38. The molecule has 2 aromatic rings. The van der Waals surface area contributed by atoms with Crippen LogP contribution >= 0.6 is 11.6 Å². The Kier molecular flexibility index (Phi) is 8.08. The van der Waals surface area contributed by atoms with Crippen molar-refractivity contribution < 1.29 is 23.5 Å². The van der Waals surface area contributed by atoms with E-state index in [1.54, 1.807) is 29.2 Å². The molecule has 0 aliphatic carbocycles. The van der Waals surface area contributed by atoms with Crippen molar-refractivity contribution in [3.05, 3.63) is 59.0 Å². The Balaban J connectivity index is 1.46. The first-order valence-electron chi connectivity index (χ1n) is 10.2. The Labute approximate surface area is 186 Å². The first-order valence-corrected chi connectivity index (χ1v) is 10.5. The molecule has 1 aromatic carbocycles. The highest BCUT2D eigenvalue weighted by Crippen LogP contribution is 2.25. The van der Waals surface area contributed by atoms with Gasteiger partial charge in [-0.3, -0.25) is 14.5 Å². The Bertz CT molecular complexity index is 877. The van der Waals surface area contributed by atoms with Gasteiger partial charge in [0.25, 0.3) is 5.91 Å². The number of rotatable bonds is 8. The summed E-state index contributed by atoms with van der Waals surface area (Å²) in [6, 6.07) is 9.84. The van der Waals surface area contributed by atoms with Crippen molar-refractivity contribution in [1.29, 1.82) is 0 Å². The quantitative estimate of drug-likeness (QED) is 0.493. The molecule has 31 heavy (non-hydrogen) atoms. The van der Waals surface area contributed by atoms with Gasteiger partial charge < -0.3 is 19.4 Å². The highest BCUT2D eigenvalue weighted by molar-refractivity contribution is 6.30. The lowest BCUT2D eigenvalue weighted by Crippen LogP contribution is -2.51. The predicted molar refractivity (Wildman–Crippen MR) is 115 cm³/mol. The van der Waals surface area contributed by atoms with E-state index in [2.05, 4.69) is 5.32 Å². The fourth-order valence-corrected chi connectivity index (χ4v) is 3.70. The molecule has 0 bridgehead atoms. The van der Waals surface area contributed by atoms with Crippen molar-refractivity contribution in [3.63, 3.8) is 0 Å². The molecule has 1 aliphatic heterocycles. The second-order valence-corrected chi connectivity index (χ2v) is 7.67. The summed E-state index contributed by atoms with van der Waals surface area (Å²) in [6.45, 7) is 2.57. The van der Waals surface area contributed by atoms with Crippen LogP contribution in [0.15, 0.2) is 47.1 Å². The Morgan fingerprint density at radius 3 is 2.45 bits per heavy atom. The monoisotopic (exact) mass is 447 g/mol. The van der Waals surface area contributed by atoms with Gasteiger partial charge in [-0.1, -0.05) is 23.7 Å². The van der Waals surface area contributed by atoms with Crippen molar-refractivity contribution >= 4 is 29.4 Å². The van der Waals surface area contributed by atoms with Crippen LogP contribution in [0.3, 0.4) is 0 Å². The van der Waals surface area contributed by atoms with Gasteiger partial charge in [0, 0.05) is 44.2 Å². The summed E-state index contributed by atoms with van der Waals surface area (Å²) < 4.78 is 10.0. The summed E-state index contributed by atoms with van der Waals surface area (Å²) in [5.74, 6) is -0.340. The second kappa shape index (κ2) is 11.0. The fourth-order valence-electron chi connectivity index (χ4n) is 3.58. The summed E-state index contributed by atoms with van der Waals surface area (Å²) in [4.78, 5) is 40.5. The molecule has 3 rings (SSSR count). The smallest absolute Gasteiger partial charge is 0.327 e. The van der Waals surface area contributed by atoms with Gasteiger partial charge >= 0.3 is 5.97 Å². The molecule has 2 heterocycles. The Morgan fingerprint density at radius 1 is 1.13 bits per heavy atom. The average molecular weight is 448 g/mol.